The molecule has 2 aromatic rings. The molecule has 120 valence electrons. The van der Waals surface area contributed by atoms with Gasteiger partial charge in [-0.15, -0.1) is 0 Å². The lowest BCUT2D eigenvalue weighted by molar-refractivity contribution is -0.137. The summed E-state index contributed by atoms with van der Waals surface area (Å²) in [4.78, 5) is 0.273. The Morgan fingerprint density at radius 3 is 2.32 bits per heavy atom. The fourth-order valence-electron chi connectivity index (χ4n) is 1.78. The highest BCUT2D eigenvalue weighted by Crippen LogP contribution is 2.38. The second-order valence-electron chi connectivity index (χ2n) is 4.23. The minimum Gasteiger partial charge on any atom is -0.383 e. The molecule has 0 spiro atoms. The second-order valence-corrected chi connectivity index (χ2v) is 6.75. The third-order valence-electron chi connectivity index (χ3n) is 2.83. The number of nitrogens with two attached hydrogens (primary N) is 1. The van der Waals surface area contributed by atoms with Crippen LogP contribution in [-0.2, 0) is 17.0 Å². The lowest BCUT2D eigenvalue weighted by atomic mass is 10.2. The standard InChI is InChI=1S/C12H10Cl2F3N3OS/c1-2-22(21)9-5-19-20(11(9)18)10-7(13)3-6(4-8(10)14)12(15,16)17/h3-5H,2,18H2,1H3. The zero-order chi connectivity index (χ0) is 16.7. The fraction of sp³-hybridized carbons (Fsp3) is 0.250. The highest BCUT2D eigenvalue weighted by Gasteiger charge is 2.32. The molecule has 0 amide bonds. The van der Waals surface area contributed by atoms with Gasteiger partial charge in [0, 0.05) is 5.75 Å². The first-order valence-corrected chi connectivity index (χ1v) is 8.02. The highest BCUT2D eigenvalue weighted by molar-refractivity contribution is 7.85. The Labute approximate surface area is 136 Å². The van der Waals surface area contributed by atoms with Gasteiger partial charge >= 0.3 is 6.18 Å². The number of hydrogen-bond acceptors (Lipinski definition) is 3. The number of hydrogen-bond donors (Lipinski definition) is 1. The molecule has 1 heterocycles. The molecule has 0 saturated carbocycles. The summed E-state index contributed by atoms with van der Waals surface area (Å²) in [6.45, 7) is 1.70. The van der Waals surface area contributed by atoms with Crippen LogP contribution in [0.5, 0.6) is 0 Å². The van der Waals surface area contributed by atoms with Gasteiger partial charge in [0.05, 0.1) is 32.6 Å². The van der Waals surface area contributed by atoms with Crippen LogP contribution in [-0.4, -0.2) is 19.7 Å². The predicted octanol–water partition coefficient (Wildman–Crippen LogP) is 3.91. The molecule has 1 atom stereocenters. The average Bonchev–Trinajstić information content (AvgIpc) is 2.78. The van der Waals surface area contributed by atoms with E-state index in [9.17, 15) is 17.4 Å². The minimum atomic E-state index is -4.57. The number of anilines is 1. The van der Waals surface area contributed by atoms with Gasteiger partial charge < -0.3 is 5.73 Å². The van der Waals surface area contributed by atoms with Gasteiger partial charge in [0.2, 0.25) is 0 Å². The van der Waals surface area contributed by atoms with E-state index in [2.05, 4.69) is 5.10 Å². The van der Waals surface area contributed by atoms with E-state index in [1.807, 2.05) is 0 Å². The summed E-state index contributed by atoms with van der Waals surface area (Å²) in [5, 5.41) is 3.40. The SMILES string of the molecule is CCS(=O)c1cnn(-c2c(Cl)cc(C(F)(F)F)cc2Cl)c1N. The van der Waals surface area contributed by atoms with Crippen molar-refractivity contribution in [3.8, 4) is 5.69 Å². The van der Waals surface area contributed by atoms with E-state index in [-0.39, 0.29) is 26.4 Å². The molecule has 0 aliphatic rings. The molecule has 2 N–H and O–H groups in total. The Morgan fingerprint density at radius 1 is 1.32 bits per heavy atom. The summed E-state index contributed by atoms with van der Waals surface area (Å²) in [6, 6.07) is 1.47. The molecule has 1 unspecified atom stereocenters. The Morgan fingerprint density at radius 2 is 1.86 bits per heavy atom. The van der Waals surface area contributed by atoms with Crippen molar-refractivity contribution in [1.29, 1.82) is 0 Å². The summed E-state index contributed by atoms with van der Waals surface area (Å²) in [6.07, 6.45) is -3.30. The average molecular weight is 372 g/mol. The predicted molar refractivity (Wildman–Crippen MR) is 79.9 cm³/mol. The fourth-order valence-corrected chi connectivity index (χ4v) is 3.23. The van der Waals surface area contributed by atoms with Gasteiger partial charge in [-0.1, -0.05) is 30.1 Å². The van der Waals surface area contributed by atoms with Crippen LogP contribution in [0, 0.1) is 0 Å². The molecule has 0 radical (unpaired) electrons. The largest absolute Gasteiger partial charge is 0.416 e. The van der Waals surface area contributed by atoms with E-state index in [0.29, 0.717) is 5.75 Å². The number of nitrogen functional groups attached to an aromatic ring is 1. The number of halogens is 5. The lowest BCUT2D eigenvalue weighted by Crippen LogP contribution is -2.09. The van der Waals surface area contributed by atoms with E-state index in [1.54, 1.807) is 6.92 Å². The third-order valence-corrected chi connectivity index (χ3v) is 4.74. The molecule has 1 aromatic carbocycles. The van der Waals surface area contributed by atoms with Crippen LogP contribution >= 0.6 is 23.2 Å². The number of benzene rings is 1. The summed E-state index contributed by atoms with van der Waals surface area (Å²) < 4.78 is 51.0. The van der Waals surface area contributed by atoms with Crippen molar-refractivity contribution in [1.82, 2.24) is 9.78 Å². The molecule has 0 aliphatic carbocycles. The maximum atomic E-state index is 12.7. The topological polar surface area (TPSA) is 60.9 Å². The van der Waals surface area contributed by atoms with Gasteiger partial charge in [0.15, 0.2) is 0 Å². The first kappa shape index (κ1) is 17.1. The van der Waals surface area contributed by atoms with Crippen molar-refractivity contribution in [2.24, 2.45) is 0 Å². The third kappa shape index (κ3) is 3.09. The molecule has 0 saturated heterocycles. The van der Waals surface area contributed by atoms with E-state index in [0.717, 1.165) is 16.8 Å². The van der Waals surface area contributed by atoms with Gasteiger partial charge in [0.25, 0.3) is 0 Å². The molecule has 0 bridgehead atoms. The Bertz CT molecular complexity index is 723. The van der Waals surface area contributed by atoms with E-state index in [4.69, 9.17) is 28.9 Å². The summed E-state index contributed by atoms with van der Waals surface area (Å²) in [7, 11) is -1.36. The van der Waals surface area contributed by atoms with Crippen LogP contribution in [0.4, 0.5) is 19.0 Å². The molecule has 22 heavy (non-hydrogen) atoms. The summed E-state index contributed by atoms with van der Waals surface area (Å²) in [5.41, 5.74) is 4.87. The van der Waals surface area contributed by atoms with Crippen molar-refractivity contribution in [2.75, 3.05) is 11.5 Å². The number of aromatic nitrogens is 2. The van der Waals surface area contributed by atoms with Crippen LogP contribution in [0.1, 0.15) is 12.5 Å². The van der Waals surface area contributed by atoms with Crippen LogP contribution < -0.4 is 5.73 Å². The lowest BCUT2D eigenvalue weighted by Gasteiger charge is -2.13. The molecular formula is C12H10Cl2F3N3OS. The van der Waals surface area contributed by atoms with Gasteiger partial charge in [-0.25, -0.2) is 4.68 Å². The molecule has 0 aliphatic heterocycles. The molecule has 1 aromatic heterocycles. The first-order valence-electron chi connectivity index (χ1n) is 5.95. The molecule has 10 heteroatoms. The highest BCUT2D eigenvalue weighted by atomic mass is 35.5. The van der Waals surface area contributed by atoms with Crippen LogP contribution in [0.15, 0.2) is 23.2 Å². The normalized spacial score (nSPS) is 13.4. The van der Waals surface area contributed by atoms with E-state index >= 15 is 0 Å². The van der Waals surface area contributed by atoms with Crippen LogP contribution in [0.3, 0.4) is 0 Å². The number of alkyl halides is 3. The number of rotatable bonds is 3. The minimum absolute atomic E-state index is 0.00758. The van der Waals surface area contributed by atoms with E-state index < -0.39 is 22.5 Å². The number of nitrogens with zero attached hydrogens (tertiary/aromatic N) is 2. The van der Waals surface area contributed by atoms with Crippen molar-refractivity contribution in [2.45, 2.75) is 18.0 Å². The maximum Gasteiger partial charge on any atom is 0.416 e. The quantitative estimate of drug-likeness (QED) is 0.889. The molecule has 2 rings (SSSR count). The Balaban J connectivity index is 2.60. The molecule has 0 fully saturated rings. The van der Waals surface area contributed by atoms with Crippen LogP contribution in [0.25, 0.3) is 5.69 Å². The zero-order valence-electron chi connectivity index (χ0n) is 11.1. The monoisotopic (exact) mass is 371 g/mol. The Kier molecular flexibility index (Phi) is 4.74. The molecule has 4 nitrogen and oxygen atoms in total. The smallest absolute Gasteiger partial charge is 0.383 e. The van der Waals surface area contributed by atoms with Crippen molar-refractivity contribution in [3.05, 3.63) is 33.9 Å². The van der Waals surface area contributed by atoms with Gasteiger partial charge in [-0.2, -0.15) is 18.3 Å². The van der Waals surface area contributed by atoms with Gasteiger partial charge in [0.1, 0.15) is 16.4 Å². The van der Waals surface area contributed by atoms with E-state index in [1.165, 1.54) is 6.20 Å². The molecular weight excluding hydrogens is 362 g/mol. The van der Waals surface area contributed by atoms with Crippen molar-refractivity contribution < 1.29 is 17.4 Å². The second kappa shape index (κ2) is 6.10. The van der Waals surface area contributed by atoms with Crippen molar-refractivity contribution >= 4 is 39.8 Å². The zero-order valence-corrected chi connectivity index (χ0v) is 13.4. The maximum absolute atomic E-state index is 12.7. The van der Waals surface area contributed by atoms with Crippen molar-refractivity contribution in [3.63, 3.8) is 0 Å². The van der Waals surface area contributed by atoms with Gasteiger partial charge in [-0.05, 0) is 12.1 Å². The summed E-state index contributed by atoms with van der Waals surface area (Å²) >= 11 is 11.8. The van der Waals surface area contributed by atoms with Crippen LogP contribution in [0.2, 0.25) is 10.0 Å². The first-order chi connectivity index (χ1) is 10.2. The Hall–Kier alpha value is -1.25. The van der Waals surface area contributed by atoms with Gasteiger partial charge in [-0.3, -0.25) is 4.21 Å². The summed E-state index contributed by atoms with van der Waals surface area (Å²) in [5.74, 6) is 0.341.